The Hall–Kier alpha value is -2.15. The predicted octanol–water partition coefficient (Wildman–Crippen LogP) is 4.65. The number of aromatic nitrogens is 2. The number of thiophene rings is 1. The Morgan fingerprint density at radius 2 is 2.21 bits per heavy atom. The van der Waals surface area contributed by atoms with Crippen molar-refractivity contribution in [3.8, 4) is 6.07 Å². The number of thioether (sulfide) groups is 1. The van der Waals surface area contributed by atoms with Gasteiger partial charge in [0.05, 0.1) is 17.6 Å². The van der Waals surface area contributed by atoms with Crippen LogP contribution < -0.4 is 10.6 Å². The molecule has 4 rings (SSSR count). The molecule has 0 fully saturated rings. The second-order valence-corrected chi connectivity index (χ2v) is 11.2. The summed E-state index contributed by atoms with van der Waals surface area (Å²) in [5, 5.41) is 21.1. The molecule has 1 aliphatic carbocycles. The van der Waals surface area contributed by atoms with Gasteiger partial charge in [0.15, 0.2) is 10.1 Å². The Morgan fingerprint density at radius 3 is 2.86 bits per heavy atom. The van der Waals surface area contributed by atoms with Crippen LogP contribution in [-0.4, -0.2) is 21.7 Å². The fourth-order valence-corrected chi connectivity index (χ4v) is 6.56. The van der Waals surface area contributed by atoms with Crippen LogP contribution in [-0.2, 0) is 4.79 Å². The Kier molecular flexibility index (Phi) is 5.27. The predicted molar refractivity (Wildman–Crippen MR) is 118 cm³/mol. The SMILES string of the molecule is CCSc1nnc(N2C(N)=C(C#N)C(c3cccs3)C3=C2CC(C)(C)CC3=O)s1. The second kappa shape index (κ2) is 7.59. The summed E-state index contributed by atoms with van der Waals surface area (Å²) < 4.78 is 0.845. The van der Waals surface area contributed by atoms with Gasteiger partial charge in [-0.3, -0.25) is 9.69 Å². The monoisotopic (exact) mass is 443 g/mol. The Bertz CT molecular complexity index is 1060. The van der Waals surface area contributed by atoms with Crippen LogP contribution in [0.4, 0.5) is 5.13 Å². The molecule has 6 nitrogen and oxygen atoms in total. The number of ketones is 1. The Morgan fingerprint density at radius 1 is 1.41 bits per heavy atom. The van der Waals surface area contributed by atoms with Crippen molar-refractivity contribution < 1.29 is 4.79 Å². The van der Waals surface area contributed by atoms with E-state index in [1.54, 1.807) is 28.0 Å². The third kappa shape index (κ3) is 3.50. The van der Waals surface area contributed by atoms with Gasteiger partial charge in [-0.1, -0.05) is 49.9 Å². The van der Waals surface area contributed by atoms with Gasteiger partial charge < -0.3 is 5.73 Å². The highest BCUT2D eigenvalue weighted by Gasteiger charge is 2.45. The molecule has 2 aromatic heterocycles. The first-order valence-corrected chi connectivity index (χ1v) is 12.0. The molecule has 0 aromatic carbocycles. The van der Waals surface area contributed by atoms with E-state index in [0.717, 1.165) is 20.7 Å². The second-order valence-electron chi connectivity index (χ2n) is 7.78. The van der Waals surface area contributed by atoms with Crippen LogP contribution in [0.25, 0.3) is 0 Å². The fraction of sp³-hybridized carbons (Fsp3) is 0.400. The van der Waals surface area contributed by atoms with Gasteiger partial charge in [0, 0.05) is 22.6 Å². The van der Waals surface area contributed by atoms with Crippen LogP contribution >= 0.6 is 34.4 Å². The number of anilines is 1. The number of nitriles is 1. The molecule has 0 amide bonds. The lowest BCUT2D eigenvalue weighted by Crippen LogP contribution is -2.42. The van der Waals surface area contributed by atoms with Crippen LogP contribution in [0.5, 0.6) is 0 Å². The summed E-state index contributed by atoms with van der Waals surface area (Å²) in [6.45, 7) is 6.24. The van der Waals surface area contributed by atoms with Crippen LogP contribution in [0.2, 0.25) is 0 Å². The Balaban J connectivity index is 1.94. The van der Waals surface area contributed by atoms with Crippen LogP contribution in [0.1, 0.15) is 44.4 Å². The molecule has 150 valence electrons. The molecule has 1 unspecified atom stereocenters. The van der Waals surface area contributed by atoms with Gasteiger partial charge in [-0.2, -0.15) is 5.26 Å². The summed E-state index contributed by atoms with van der Waals surface area (Å²) in [5.74, 6) is 0.905. The van der Waals surface area contributed by atoms with Crippen molar-refractivity contribution in [2.75, 3.05) is 10.7 Å². The number of hydrogen-bond donors (Lipinski definition) is 1. The molecule has 2 aromatic rings. The molecule has 29 heavy (non-hydrogen) atoms. The van der Waals surface area contributed by atoms with Gasteiger partial charge in [-0.05, 0) is 29.0 Å². The number of rotatable bonds is 4. The standard InChI is InChI=1S/C20H21N5OS3/c1-4-27-19-24-23-18(29-19)25-12-8-20(2,3)9-13(26)16(12)15(11(10-21)17(25)22)14-6-5-7-28-14/h5-7,15H,4,8-9,22H2,1-3H3. The number of carbonyl (C=O) groups excluding carboxylic acids is 1. The first-order valence-electron chi connectivity index (χ1n) is 9.32. The number of hydrogen-bond acceptors (Lipinski definition) is 9. The largest absolute Gasteiger partial charge is 0.384 e. The van der Waals surface area contributed by atoms with Gasteiger partial charge in [0.25, 0.3) is 0 Å². The summed E-state index contributed by atoms with van der Waals surface area (Å²) >= 11 is 4.59. The lowest BCUT2D eigenvalue weighted by molar-refractivity contribution is -0.118. The average Bonchev–Trinajstić information content (AvgIpc) is 3.32. The van der Waals surface area contributed by atoms with Crippen molar-refractivity contribution in [3.63, 3.8) is 0 Å². The van der Waals surface area contributed by atoms with Crippen molar-refractivity contribution in [3.05, 3.63) is 45.1 Å². The summed E-state index contributed by atoms with van der Waals surface area (Å²) in [4.78, 5) is 16.1. The first kappa shape index (κ1) is 20.1. The normalized spacial score (nSPS) is 21.4. The number of nitrogens with zero attached hydrogens (tertiary/aromatic N) is 4. The molecule has 0 radical (unpaired) electrons. The van der Waals surface area contributed by atoms with E-state index in [2.05, 4.69) is 37.0 Å². The minimum atomic E-state index is -0.410. The van der Waals surface area contributed by atoms with E-state index in [-0.39, 0.29) is 11.2 Å². The molecule has 3 heterocycles. The van der Waals surface area contributed by atoms with Crippen molar-refractivity contribution in [1.29, 1.82) is 5.26 Å². The summed E-state index contributed by atoms with van der Waals surface area (Å²) in [6, 6.07) is 6.19. The van der Waals surface area contributed by atoms with Gasteiger partial charge >= 0.3 is 0 Å². The van der Waals surface area contributed by atoms with E-state index in [1.165, 1.54) is 11.3 Å². The zero-order valence-corrected chi connectivity index (χ0v) is 18.9. The van der Waals surface area contributed by atoms with Crippen LogP contribution in [0, 0.1) is 16.7 Å². The highest BCUT2D eigenvalue weighted by atomic mass is 32.2. The smallest absolute Gasteiger partial charge is 0.219 e. The zero-order valence-electron chi connectivity index (χ0n) is 16.4. The third-order valence-corrected chi connectivity index (χ3v) is 7.92. The molecule has 0 saturated heterocycles. The van der Waals surface area contributed by atoms with Crippen LogP contribution in [0.15, 0.2) is 44.5 Å². The molecule has 1 atom stereocenters. The summed E-state index contributed by atoms with van der Waals surface area (Å²) in [6.07, 6.45) is 1.14. The first-order chi connectivity index (χ1) is 13.9. The van der Waals surface area contributed by atoms with Gasteiger partial charge in [0.1, 0.15) is 5.82 Å². The molecule has 0 saturated carbocycles. The van der Waals surface area contributed by atoms with Gasteiger partial charge in [-0.15, -0.1) is 21.5 Å². The highest BCUT2D eigenvalue weighted by Crippen LogP contribution is 2.51. The molecule has 2 N–H and O–H groups in total. The highest BCUT2D eigenvalue weighted by molar-refractivity contribution is 8.01. The molecule has 2 aliphatic rings. The van der Waals surface area contributed by atoms with E-state index < -0.39 is 5.92 Å². The molecule has 0 bridgehead atoms. The molecular formula is C20H21N5OS3. The maximum absolute atomic E-state index is 13.3. The lowest BCUT2D eigenvalue weighted by atomic mass is 9.70. The van der Waals surface area contributed by atoms with Crippen molar-refractivity contribution in [2.24, 2.45) is 11.1 Å². The van der Waals surface area contributed by atoms with E-state index in [1.807, 2.05) is 17.5 Å². The quantitative estimate of drug-likeness (QED) is 0.687. The maximum Gasteiger partial charge on any atom is 0.219 e. The number of Topliss-reactive ketones (excluding diaryl/α,β-unsaturated/α-hetero) is 1. The minimum absolute atomic E-state index is 0.0765. The van der Waals surface area contributed by atoms with E-state index in [0.29, 0.717) is 34.9 Å². The van der Waals surface area contributed by atoms with Crippen molar-refractivity contribution >= 4 is 45.4 Å². The fourth-order valence-electron chi connectivity index (χ4n) is 3.94. The molecule has 9 heteroatoms. The lowest BCUT2D eigenvalue weighted by Gasteiger charge is -2.42. The average molecular weight is 444 g/mol. The third-order valence-electron chi connectivity index (χ3n) is 5.06. The van der Waals surface area contributed by atoms with E-state index in [4.69, 9.17) is 5.73 Å². The molecule has 1 aliphatic heterocycles. The number of carbonyl (C=O) groups is 1. The molecular weight excluding hydrogens is 422 g/mol. The van der Waals surface area contributed by atoms with E-state index >= 15 is 0 Å². The van der Waals surface area contributed by atoms with Crippen LogP contribution in [0.3, 0.4) is 0 Å². The summed E-state index contributed by atoms with van der Waals surface area (Å²) in [5.41, 5.74) is 8.30. The minimum Gasteiger partial charge on any atom is -0.384 e. The van der Waals surface area contributed by atoms with Crippen molar-refractivity contribution in [2.45, 2.75) is 43.9 Å². The van der Waals surface area contributed by atoms with Gasteiger partial charge in [0.2, 0.25) is 5.13 Å². The van der Waals surface area contributed by atoms with Gasteiger partial charge in [-0.25, -0.2) is 0 Å². The zero-order chi connectivity index (χ0) is 20.8. The van der Waals surface area contributed by atoms with Crippen molar-refractivity contribution in [1.82, 2.24) is 10.2 Å². The number of nitrogens with two attached hydrogens (primary N) is 1. The number of allylic oxidation sites excluding steroid dienone is 3. The maximum atomic E-state index is 13.3. The van der Waals surface area contributed by atoms with E-state index in [9.17, 15) is 10.1 Å². The Labute approximate surface area is 182 Å². The molecule has 0 spiro atoms. The topological polar surface area (TPSA) is 95.9 Å². The summed E-state index contributed by atoms with van der Waals surface area (Å²) in [7, 11) is 0.